The van der Waals surface area contributed by atoms with E-state index in [0.717, 1.165) is 12.0 Å². The molecule has 0 aromatic carbocycles. The molecular formula is C14H22N4O3. The fourth-order valence-corrected chi connectivity index (χ4v) is 1.89. The van der Waals surface area contributed by atoms with Gasteiger partial charge in [-0.2, -0.15) is 0 Å². The fraction of sp³-hybridized carbons (Fsp3) is 0.500. The number of aliphatic carboxylic acids is 1. The second kappa shape index (κ2) is 9.04. The van der Waals surface area contributed by atoms with Crippen molar-refractivity contribution in [2.24, 2.45) is 11.5 Å². The standard InChI is InChI=1S/C14H22N4O3/c15-6-2-1-5-12(14(20)21)18-13(19)11(16)8-10-4-3-7-17-9-10/h3-4,7,9,11-12H,1-2,5-6,8,15-16H2,(H,18,19)(H,20,21)/t11-,12-/m0/s1. The summed E-state index contributed by atoms with van der Waals surface area (Å²) in [6.45, 7) is 0.501. The van der Waals surface area contributed by atoms with Gasteiger partial charge in [0.2, 0.25) is 5.91 Å². The Bertz CT molecular complexity index is 453. The monoisotopic (exact) mass is 294 g/mol. The molecule has 0 unspecified atom stereocenters. The summed E-state index contributed by atoms with van der Waals surface area (Å²) in [5.74, 6) is -1.53. The van der Waals surface area contributed by atoms with Gasteiger partial charge in [0.05, 0.1) is 6.04 Å². The lowest BCUT2D eigenvalue weighted by molar-refractivity contribution is -0.142. The molecule has 0 saturated carbocycles. The van der Waals surface area contributed by atoms with Crippen LogP contribution in [0.4, 0.5) is 0 Å². The molecule has 0 radical (unpaired) electrons. The van der Waals surface area contributed by atoms with E-state index in [2.05, 4.69) is 10.3 Å². The smallest absolute Gasteiger partial charge is 0.326 e. The van der Waals surface area contributed by atoms with Gasteiger partial charge in [-0.3, -0.25) is 9.78 Å². The van der Waals surface area contributed by atoms with Crippen LogP contribution in [0.25, 0.3) is 0 Å². The molecule has 0 aliphatic heterocycles. The number of hydrogen-bond acceptors (Lipinski definition) is 5. The van der Waals surface area contributed by atoms with Crippen LogP contribution in [0.5, 0.6) is 0 Å². The van der Waals surface area contributed by atoms with Crippen molar-refractivity contribution in [3.63, 3.8) is 0 Å². The van der Waals surface area contributed by atoms with Crippen molar-refractivity contribution < 1.29 is 14.7 Å². The van der Waals surface area contributed by atoms with Gasteiger partial charge in [0.25, 0.3) is 0 Å². The summed E-state index contributed by atoms with van der Waals surface area (Å²) >= 11 is 0. The topological polar surface area (TPSA) is 131 Å². The minimum atomic E-state index is -1.06. The quantitative estimate of drug-likeness (QED) is 0.460. The summed E-state index contributed by atoms with van der Waals surface area (Å²) < 4.78 is 0. The number of nitrogens with two attached hydrogens (primary N) is 2. The maximum absolute atomic E-state index is 12.0. The van der Waals surface area contributed by atoms with E-state index in [1.807, 2.05) is 6.07 Å². The second-order valence-corrected chi connectivity index (χ2v) is 4.86. The van der Waals surface area contributed by atoms with Gasteiger partial charge in [0.15, 0.2) is 0 Å². The molecule has 1 aromatic rings. The van der Waals surface area contributed by atoms with Crippen molar-refractivity contribution in [2.75, 3.05) is 6.54 Å². The molecule has 0 bridgehead atoms. The van der Waals surface area contributed by atoms with Crippen LogP contribution in [0.15, 0.2) is 24.5 Å². The number of carboxylic acid groups (broad SMARTS) is 1. The van der Waals surface area contributed by atoms with Gasteiger partial charge in [0.1, 0.15) is 6.04 Å². The molecule has 1 amide bonds. The summed E-state index contributed by atoms with van der Waals surface area (Å²) in [5, 5.41) is 11.6. The average molecular weight is 294 g/mol. The third-order valence-electron chi connectivity index (χ3n) is 3.08. The van der Waals surface area contributed by atoms with Crippen molar-refractivity contribution in [2.45, 2.75) is 37.8 Å². The molecule has 0 aliphatic carbocycles. The lowest BCUT2D eigenvalue weighted by Crippen LogP contribution is -2.49. The summed E-state index contributed by atoms with van der Waals surface area (Å²) in [4.78, 5) is 27.0. The fourth-order valence-electron chi connectivity index (χ4n) is 1.89. The van der Waals surface area contributed by atoms with E-state index >= 15 is 0 Å². The molecule has 7 heteroatoms. The van der Waals surface area contributed by atoms with Gasteiger partial charge in [0, 0.05) is 12.4 Å². The Hall–Kier alpha value is -1.99. The van der Waals surface area contributed by atoms with Crippen LogP contribution in [0.3, 0.4) is 0 Å². The molecular weight excluding hydrogens is 272 g/mol. The van der Waals surface area contributed by atoms with Crippen LogP contribution < -0.4 is 16.8 Å². The number of aromatic nitrogens is 1. The third-order valence-corrected chi connectivity index (χ3v) is 3.08. The molecule has 6 N–H and O–H groups in total. The summed E-state index contributed by atoms with van der Waals surface area (Å²) in [5.41, 5.74) is 12.0. The lowest BCUT2D eigenvalue weighted by atomic mass is 10.1. The zero-order chi connectivity index (χ0) is 15.7. The van der Waals surface area contributed by atoms with Gasteiger partial charge in [-0.25, -0.2) is 4.79 Å². The van der Waals surface area contributed by atoms with Gasteiger partial charge < -0.3 is 21.9 Å². The van der Waals surface area contributed by atoms with Crippen molar-refractivity contribution in [3.05, 3.63) is 30.1 Å². The number of hydrogen-bond donors (Lipinski definition) is 4. The Balaban J connectivity index is 2.50. The first-order valence-electron chi connectivity index (χ1n) is 6.92. The van der Waals surface area contributed by atoms with Gasteiger partial charge in [-0.05, 0) is 43.9 Å². The zero-order valence-corrected chi connectivity index (χ0v) is 11.9. The number of amides is 1. The minimum absolute atomic E-state index is 0.314. The van der Waals surface area contributed by atoms with Crippen LogP contribution in [0, 0.1) is 0 Å². The van der Waals surface area contributed by atoms with Crippen molar-refractivity contribution in [3.8, 4) is 0 Å². The molecule has 1 rings (SSSR count). The summed E-state index contributed by atoms with van der Waals surface area (Å²) in [7, 11) is 0. The van der Waals surface area contributed by atoms with Gasteiger partial charge >= 0.3 is 5.97 Å². The highest BCUT2D eigenvalue weighted by molar-refractivity contribution is 5.86. The maximum Gasteiger partial charge on any atom is 0.326 e. The number of nitrogens with zero attached hydrogens (tertiary/aromatic N) is 1. The molecule has 0 aliphatic rings. The normalized spacial score (nSPS) is 13.4. The Morgan fingerprint density at radius 1 is 1.38 bits per heavy atom. The first kappa shape index (κ1) is 17.1. The number of carbonyl (C=O) groups excluding carboxylic acids is 1. The Kier molecular flexibility index (Phi) is 7.34. The van der Waals surface area contributed by atoms with Crippen molar-refractivity contribution >= 4 is 11.9 Å². The molecule has 1 aromatic heterocycles. The summed E-state index contributed by atoms with van der Waals surface area (Å²) in [6.07, 6.45) is 5.29. The average Bonchev–Trinajstić information content (AvgIpc) is 2.47. The van der Waals surface area contributed by atoms with Crippen LogP contribution in [-0.4, -0.2) is 40.6 Å². The molecule has 1 heterocycles. The number of pyridine rings is 1. The van der Waals surface area contributed by atoms with E-state index in [4.69, 9.17) is 16.6 Å². The van der Waals surface area contributed by atoms with Crippen molar-refractivity contribution in [1.29, 1.82) is 0 Å². The predicted octanol–water partition coefficient (Wildman–Crippen LogP) is -0.350. The Morgan fingerprint density at radius 3 is 2.71 bits per heavy atom. The van der Waals surface area contributed by atoms with E-state index in [9.17, 15) is 9.59 Å². The summed E-state index contributed by atoms with van der Waals surface area (Å²) in [6, 6.07) is 1.85. The number of carbonyl (C=O) groups is 2. The minimum Gasteiger partial charge on any atom is -0.480 e. The van der Waals surface area contributed by atoms with Gasteiger partial charge in [-0.15, -0.1) is 0 Å². The van der Waals surface area contributed by atoms with Crippen LogP contribution in [0.2, 0.25) is 0 Å². The van der Waals surface area contributed by atoms with E-state index in [-0.39, 0.29) is 0 Å². The third kappa shape index (κ3) is 6.33. The Morgan fingerprint density at radius 2 is 2.14 bits per heavy atom. The Labute approximate surface area is 123 Å². The predicted molar refractivity (Wildman–Crippen MR) is 78.4 cm³/mol. The highest BCUT2D eigenvalue weighted by Gasteiger charge is 2.22. The number of carboxylic acids is 1. The van der Waals surface area contributed by atoms with Crippen LogP contribution in [0.1, 0.15) is 24.8 Å². The molecule has 7 nitrogen and oxygen atoms in total. The molecule has 0 fully saturated rings. The SMILES string of the molecule is NCCCC[C@H](NC(=O)[C@@H](N)Cc1cccnc1)C(=O)O. The zero-order valence-electron chi connectivity index (χ0n) is 11.9. The lowest BCUT2D eigenvalue weighted by Gasteiger charge is -2.17. The molecule has 116 valence electrons. The van der Waals surface area contributed by atoms with E-state index < -0.39 is 24.0 Å². The maximum atomic E-state index is 12.0. The first-order valence-corrected chi connectivity index (χ1v) is 6.92. The van der Waals surface area contributed by atoms with E-state index in [1.54, 1.807) is 18.5 Å². The van der Waals surface area contributed by atoms with E-state index in [0.29, 0.717) is 25.8 Å². The van der Waals surface area contributed by atoms with E-state index in [1.165, 1.54) is 0 Å². The highest BCUT2D eigenvalue weighted by Crippen LogP contribution is 2.03. The molecule has 0 spiro atoms. The number of nitrogens with one attached hydrogen (secondary N) is 1. The largest absolute Gasteiger partial charge is 0.480 e. The first-order chi connectivity index (χ1) is 10.0. The highest BCUT2D eigenvalue weighted by atomic mass is 16.4. The second-order valence-electron chi connectivity index (χ2n) is 4.86. The van der Waals surface area contributed by atoms with Crippen LogP contribution >= 0.6 is 0 Å². The van der Waals surface area contributed by atoms with Crippen LogP contribution in [-0.2, 0) is 16.0 Å². The van der Waals surface area contributed by atoms with Gasteiger partial charge in [-0.1, -0.05) is 6.07 Å². The molecule has 0 saturated heterocycles. The number of rotatable bonds is 9. The number of unbranched alkanes of at least 4 members (excludes halogenated alkanes) is 1. The molecule has 2 atom stereocenters. The van der Waals surface area contributed by atoms with Crippen molar-refractivity contribution in [1.82, 2.24) is 10.3 Å². The molecule has 21 heavy (non-hydrogen) atoms.